The number of aliphatic hydroxyl groups excluding tert-OH is 3. The maximum Gasteiger partial charge on any atom is 0.294 e. The van der Waals surface area contributed by atoms with Crippen LogP contribution in [0, 0.1) is 10.1 Å². The van der Waals surface area contributed by atoms with Gasteiger partial charge < -0.3 is 41.7 Å². The summed E-state index contributed by atoms with van der Waals surface area (Å²) in [5.41, 5.74) is 11.3. The van der Waals surface area contributed by atoms with Gasteiger partial charge in [-0.15, -0.1) is 10.1 Å². The monoisotopic (exact) mass is 434 g/mol. The number of hydrogen-bond donors (Lipinski definition) is 6. The Balaban J connectivity index is 0.000000421. The molecular weight excluding hydrogens is 400 g/mol. The summed E-state index contributed by atoms with van der Waals surface area (Å²) in [7, 11) is 1.72. The number of hydrogen-bond acceptors (Lipinski definition) is 12. The lowest BCUT2D eigenvalue weighted by atomic mass is 10.2. The van der Waals surface area contributed by atoms with Crippen molar-refractivity contribution >= 4 is 17.3 Å². The van der Waals surface area contributed by atoms with E-state index in [9.17, 15) is 10.1 Å². The van der Waals surface area contributed by atoms with Crippen LogP contribution < -0.4 is 16.8 Å². The third kappa shape index (κ3) is 10.3. The van der Waals surface area contributed by atoms with E-state index in [0.717, 1.165) is 12.8 Å². The first-order valence-corrected chi connectivity index (χ1v) is 9.73. The van der Waals surface area contributed by atoms with Crippen LogP contribution in [0.2, 0.25) is 0 Å². The number of nitrogens with zero attached hydrogens (tertiary/aromatic N) is 3. The average molecular weight is 434 g/mol. The Morgan fingerprint density at radius 3 is 2.23 bits per heavy atom. The highest BCUT2D eigenvalue weighted by Crippen LogP contribution is 2.18. The Hall–Kier alpha value is -2.48. The number of nitrogens with one attached hydrogen (secondary N) is 1. The molecule has 0 bridgehead atoms. The van der Waals surface area contributed by atoms with E-state index in [1.807, 2.05) is 13.8 Å². The Bertz CT molecular complexity index is 604. The zero-order chi connectivity index (χ0) is 23.1. The first kappa shape index (κ1) is 27.5. The van der Waals surface area contributed by atoms with Crippen molar-refractivity contribution in [2.45, 2.75) is 63.9 Å². The highest BCUT2D eigenvalue weighted by Gasteiger charge is 2.35. The summed E-state index contributed by atoms with van der Waals surface area (Å²) in [4.78, 5) is 21.2. The van der Waals surface area contributed by atoms with Crippen molar-refractivity contribution in [3.63, 3.8) is 0 Å². The second kappa shape index (κ2) is 15.4. The fraction of sp³-hybridized carbons (Fsp3) is 0.765. The summed E-state index contributed by atoms with van der Waals surface area (Å²) in [6.45, 7) is 3.62. The molecule has 0 aromatic carbocycles. The van der Waals surface area contributed by atoms with Crippen LogP contribution in [0.4, 0.5) is 17.3 Å². The lowest BCUT2D eigenvalue weighted by Crippen LogP contribution is -2.33. The van der Waals surface area contributed by atoms with Gasteiger partial charge in [-0.05, 0) is 12.8 Å². The standard InChI is InChI=1S/C5H9N5.C5H9NO6.C5H10O.C2H6/c1-8-5-3(6)4(7)9-2-10-5;7-3-1-11-4(5(3)8)2-12-6(9)10;6-5-3-1-2-4-5;1-2/h2H,6H2,1H3,(H3,7,8,9,10);3-5,7-8H,1-2H2;5-6H,1-4H2;1-2H3/t;3-,4+,5-;;/m.0../s1. The number of nitrogens with two attached hydrogens (primary N) is 2. The van der Waals surface area contributed by atoms with E-state index in [2.05, 4.69) is 20.1 Å². The third-order valence-electron chi connectivity index (χ3n) is 4.08. The predicted octanol–water partition coefficient (Wildman–Crippen LogP) is -0.0545. The number of anilines is 3. The highest BCUT2D eigenvalue weighted by atomic mass is 17.0. The van der Waals surface area contributed by atoms with Crippen LogP contribution >= 0.6 is 0 Å². The van der Waals surface area contributed by atoms with Crippen LogP contribution in [0.15, 0.2) is 6.33 Å². The van der Waals surface area contributed by atoms with Crippen molar-refractivity contribution in [3.8, 4) is 0 Å². The van der Waals surface area contributed by atoms with Gasteiger partial charge in [0.25, 0.3) is 5.09 Å². The van der Waals surface area contributed by atoms with Gasteiger partial charge in [0.15, 0.2) is 11.6 Å². The molecule has 13 nitrogen and oxygen atoms in total. The molecule has 1 aliphatic heterocycles. The van der Waals surface area contributed by atoms with E-state index in [0.29, 0.717) is 17.3 Å². The van der Waals surface area contributed by atoms with Gasteiger partial charge in [0.1, 0.15) is 36.9 Å². The van der Waals surface area contributed by atoms with Gasteiger partial charge in [-0.3, -0.25) is 0 Å². The summed E-state index contributed by atoms with van der Waals surface area (Å²) in [5, 5.41) is 38.3. The lowest BCUT2D eigenvalue weighted by Gasteiger charge is -2.12. The van der Waals surface area contributed by atoms with Gasteiger partial charge in [0.2, 0.25) is 0 Å². The fourth-order valence-electron chi connectivity index (χ4n) is 2.46. The zero-order valence-corrected chi connectivity index (χ0v) is 17.6. The minimum Gasteiger partial charge on any atom is -0.393 e. The van der Waals surface area contributed by atoms with E-state index in [4.69, 9.17) is 31.5 Å². The molecule has 0 spiro atoms. The summed E-state index contributed by atoms with van der Waals surface area (Å²) < 4.78 is 4.80. The minimum absolute atomic E-state index is 0.0209. The van der Waals surface area contributed by atoms with Crippen molar-refractivity contribution < 1.29 is 30.0 Å². The molecule has 1 aromatic heterocycles. The lowest BCUT2D eigenvalue weighted by molar-refractivity contribution is -0.759. The quantitative estimate of drug-likeness (QED) is 0.272. The molecule has 8 N–H and O–H groups in total. The van der Waals surface area contributed by atoms with E-state index in [1.165, 1.54) is 19.2 Å². The Morgan fingerprint density at radius 1 is 1.27 bits per heavy atom. The summed E-state index contributed by atoms with van der Waals surface area (Å²) in [6, 6.07) is 0. The fourth-order valence-corrected chi connectivity index (χ4v) is 2.46. The van der Waals surface area contributed by atoms with Crippen LogP contribution in [0.1, 0.15) is 39.5 Å². The normalized spacial score (nSPS) is 22.4. The van der Waals surface area contributed by atoms with Crippen LogP contribution in [-0.2, 0) is 9.57 Å². The smallest absolute Gasteiger partial charge is 0.294 e. The molecular formula is C17H34N6O7. The van der Waals surface area contributed by atoms with Crippen LogP contribution in [0.5, 0.6) is 0 Å². The maximum absolute atomic E-state index is 9.73. The number of aromatic nitrogens is 2. The topological polar surface area (TPSA) is 212 Å². The third-order valence-corrected chi connectivity index (χ3v) is 4.08. The molecule has 1 aromatic rings. The van der Waals surface area contributed by atoms with E-state index < -0.39 is 23.4 Å². The second-order valence-electron chi connectivity index (χ2n) is 6.16. The molecule has 1 saturated heterocycles. The number of ether oxygens (including phenoxy) is 1. The van der Waals surface area contributed by atoms with Gasteiger partial charge in [-0.2, -0.15) is 0 Å². The number of aliphatic hydroxyl groups is 3. The van der Waals surface area contributed by atoms with Gasteiger partial charge in [-0.1, -0.05) is 26.7 Å². The number of nitrogen functional groups attached to an aromatic ring is 2. The second-order valence-corrected chi connectivity index (χ2v) is 6.16. The van der Waals surface area contributed by atoms with E-state index >= 15 is 0 Å². The van der Waals surface area contributed by atoms with E-state index in [1.54, 1.807) is 7.05 Å². The van der Waals surface area contributed by atoms with Gasteiger partial charge in [0, 0.05) is 7.05 Å². The molecule has 30 heavy (non-hydrogen) atoms. The number of rotatable bonds is 4. The van der Waals surface area contributed by atoms with Gasteiger partial charge >= 0.3 is 0 Å². The van der Waals surface area contributed by atoms with Crippen LogP contribution in [-0.4, -0.2) is 75.1 Å². The molecule has 0 amide bonds. The van der Waals surface area contributed by atoms with Crippen molar-refractivity contribution in [3.05, 3.63) is 16.4 Å². The molecule has 1 aliphatic carbocycles. The average Bonchev–Trinajstić information content (AvgIpc) is 3.34. The maximum atomic E-state index is 9.73. The van der Waals surface area contributed by atoms with Crippen molar-refractivity contribution in [2.24, 2.45) is 0 Å². The Labute approximate surface area is 175 Å². The Kier molecular flexibility index (Phi) is 14.1. The van der Waals surface area contributed by atoms with Crippen molar-refractivity contribution in [1.29, 1.82) is 0 Å². The highest BCUT2D eigenvalue weighted by molar-refractivity contribution is 5.71. The molecule has 2 heterocycles. The first-order chi connectivity index (χ1) is 14.3. The van der Waals surface area contributed by atoms with Gasteiger partial charge in [-0.25, -0.2) is 9.97 Å². The van der Waals surface area contributed by atoms with Gasteiger partial charge in [0.05, 0.1) is 12.7 Å². The predicted molar refractivity (Wildman–Crippen MR) is 111 cm³/mol. The minimum atomic E-state index is -1.11. The first-order valence-electron chi connectivity index (χ1n) is 9.73. The van der Waals surface area contributed by atoms with Crippen molar-refractivity contribution in [1.82, 2.24) is 9.97 Å². The molecule has 3 atom stereocenters. The van der Waals surface area contributed by atoms with Crippen LogP contribution in [0.3, 0.4) is 0 Å². The summed E-state index contributed by atoms with van der Waals surface area (Å²) in [5.74, 6) is 0.867. The SMILES string of the molecule is CC.CNc1ncnc(N)c1N.O=[N+]([O-])OC[C@H]1OC[C@H](O)[C@@H]1O.OC1CCCC1. The van der Waals surface area contributed by atoms with Crippen LogP contribution in [0.25, 0.3) is 0 Å². The molecule has 2 aliphatic rings. The largest absolute Gasteiger partial charge is 0.393 e. The molecule has 0 radical (unpaired) electrons. The summed E-state index contributed by atoms with van der Waals surface area (Å²) >= 11 is 0. The molecule has 174 valence electrons. The van der Waals surface area contributed by atoms with E-state index in [-0.39, 0.29) is 19.3 Å². The van der Waals surface area contributed by atoms with Crippen molar-refractivity contribution in [2.75, 3.05) is 37.0 Å². The molecule has 2 fully saturated rings. The zero-order valence-electron chi connectivity index (χ0n) is 17.6. The molecule has 0 unspecified atom stereocenters. The Morgan fingerprint density at radius 2 is 1.87 bits per heavy atom. The molecule has 1 saturated carbocycles. The summed E-state index contributed by atoms with van der Waals surface area (Å²) in [6.07, 6.45) is 3.06. The molecule has 13 heteroatoms. The molecule has 3 rings (SSSR count).